The van der Waals surface area contributed by atoms with Gasteiger partial charge in [-0.15, -0.1) is 24.3 Å². The molecule has 0 amide bonds. The van der Waals surface area contributed by atoms with Gasteiger partial charge in [-0.05, 0) is 12.1 Å². The van der Waals surface area contributed by atoms with Gasteiger partial charge in [-0.3, -0.25) is 9.97 Å². The van der Waals surface area contributed by atoms with E-state index in [9.17, 15) is 3.16 Å². The van der Waals surface area contributed by atoms with E-state index >= 15 is 0 Å². The number of rotatable bonds is 2. The molecule has 0 atom stereocenters. The Labute approximate surface area is 129 Å². The van der Waals surface area contributed by atoms with E-state index in [1.165, 1.54) is 0 Å². The van der Waals surface area contributed by atoms with Crippen molar-refractivity contribution in [1.29, 1.82) is 0 Å². The van der Waals surface area contributed by atoms with E-state index in [0.717, 1.165) is 22.5 Å². The smallest absolute Gasteiger partial charge is 0.0183 e. The number of halogens is 1. The number of hydrogen-bond donors (Lipinski definition) is 0. The van der Waals surface area contributed by atoms with Crippen molar-refractivity contribution in [2.45, 2.75) is 0 Å². The predicted octanol–water partition coefficient (Wildman–Crippen LogP) is 4.03. The van der Waals surface area contributed by atoms with E-state index in [-0.39, 0.29) is 0 Å². The summed E-state index contributed by atoms with van der Waals surface area (Å²) < 4.78 is 9.47. The molecule has 2 nitrogen and oxygen atoms in total. The minimum Gasteiger partial charge on any atom is -0.295 e. The Hall–Kier alpha value is -1.86. The quantitative estimate of drug-likeness (QED) is 0.557. The second-order valence-corrected chi connectivity index (χ2v) is 3.91. The molecule has 0 aliphatic carbocycles. The molecule has 0 spiro atoms. The van der Waals surface area contributed by atoms with Gasteiger partial charge in [-0.2, -0.15) is 0 Å². The zero-order chi connectivity index (χ0) is 14.2. The summed E-state index contributed by atoms with van der Waals surface area (Å²) in [6, 6.07) is 21.1. The average Bonchev–Trinajstić information content (AvgIpc) is 2.58. The van der Waals surface area contributed by atoms with Crippen LogP contribution in [0.25, 0.3) is 22.5 Å². The van der Waals surface area contributed by atoms with Crippen LogP contribution in [0.2, 0.25) is 0 Å². The van der Waals surface area contributed by atoms with Crippen LogP contribution < -0.4 is 0 Å². The summed E-state index contributed by atoms with van der Waals surface area (Å²) in [6.07, 6.45) is 3.58. The van der Waals surface area contributed by atoms with Crippen molar-refractivity contribution in [3.63, 3.8) is 0 Å². The van der Waals surface area contributed by atoms with Gasteiger partial charge in [-0.1, -0.05) is 35.4 Å². The third-order valence-electron chi connectivity index (χ3n) is 2.68. The van der Waals surface area contributed by atoms with Gasteiger partial charge in [-0.25, -0.2) is 0 Å². The second kappa shape index (κ2) is 7.66. The van der Waals surface area contributed by atoms with Crippen LogP contribution in [-0.2, 0) is 20.3 Å². The Balaban J connectivity index is 0.000000704. The van der Waals surface area contributed by atoms with Crippen LogP contribution in [-0.4, -0.2) is 9.97 Å². The van der Waals surface area contributed by atoms with Crippen molar-refractivity contribution < 1.29 is 23.5 Å². The summed E-state index contributed by atoms with van der Waals surface area (Å²) in [4.78, 5) is 8.66. The van der Waals surface area contributed by atoms with Gasteiger partial charge in [0.05, 0.1) is 0 Å². The third-order valence-corrected chi connectivity index (χ3v) is 2.68. The second-order valence-electron chi connectivity index (χ2n) is 3.91. The SMILES string of the molecule is [F][Pt+].[c-]1c(-c2ccccn2)cccc1-c1ccccn1. The van der Waals surface area contributed by atoms with Crippen LogP contribution in [0.15, 0.2) is 67.0 Å². The van der Waals surface area contributed by atoms with Crippen LogP contribution in [0.1, 0.15) is 0 Å². The van der Waals surface area contributed by atoms with Crippen LogP contribution in [0.3, 0.4) is 0 Å². The number of aromatic nitrogens is 2. The molecule has 4 heteroatoms. The van der Waals surface area contributed by atoms with Gasteiger partial charge in [0.1, 0.15) is 0 Å². The molecule has 0 saturated heterocycles. The fraction of sp³-hybridized carbons (Fsp3) is 0. The molecule has 102 valence electrons. The molecule has 0 radical (unpaired) electrons. The number of nitrogens with zero attached hydrogens (tertiary/aromatic N) is 2. The molecule has 0 saturated carbocycles. The number of benzene rings is 1. The topological polar surface area (TPSA) is 25.8 Å². The van der Waals surface area contributed by atoms with Crippen molar-refractivity contribution in [3.8, 4) is 22.5 Å². The molecule has 2 heterocycles. The predicted molar refractivity (Wildman–Crippen MR) is 72.8 cm³/mol. The molecule has 2 aromatic heterocycles. The van der Waals surface area contributed by atoms with Gasteiger partial charge < -0.3 is 0 Å². The van der Waals surface area contributed by atoms with Crippen LogP contribution >= 0.6 is 0 Å². The fourth-order valence-electron chi connectivity index (χ4n) is 1.81. The maximum Gasteiger partial charge on any atom is 0.0183 e. The summed E-state index contributed by atoms with van der Waals surface area (Å²) >= 11 is 0.639. The first kappa shape index (κ1) is 14.5. The molecule has 1 aromatic carbocycles. The summed E-state index contributed by atoms with van der Waals surface area (Å²) in [7, 11) is 0. The van der Waals surface area contributed by atoms with Crippen LogP contribution in [0.5, 0.6) is 0 Å². The number of hydrogen-bond acceptors (Lipinski definition) is 2. The monoisotopic (exact) mass is 445 g/mol. The molecular formula is C16H11FN2Pt. The standard InChI is InChI=1S/C16H11N2.FH.Pt/c1-3-10-17-15(8-1)13-6-5-7-14(12-13)16-9-2-4-11-18-16;;/h1-11H;1H;/q-1;;+2/p-1. The van der Waals surface area contributed by atoms with E-state index in [1.807, 2.05) is 54.6 Å². The molecule has 3 aromatic rings. The molecule has 0 aliphatic rings. The molecule has 0 N–H and O–H groups in total. The molecule has 0 aliphatic heterocycles. The van der Waals surface area contributed by atoms with Crippen molar-refractivity contribution in [2.24, 2.45) is 0 Å². The van der Waals surface area contributed by atoms with E-state index in [2.05, 4.69) is 16.0 Å². The van der Waals surface area contributed by atoms with Crippen molar-refractivity contribution in [1.82, 2.24) is 9.97 Å². The van der Waals surface area contributed by atoms with Crippen LogP contribution in [0.4, 0.5) is 3.16 Å². The minimum atomic E-state index is 0.639. The van der Waals surface area contributed by atoms with Gasteiger partial charge >= 0.3 is 23.5 Å². The summed E-state index contributed by atoms with van der Waals surface area (Å²) in [5.74, 6) is 0. The Kier molecular flexibility index (Phi) is 5.57. The van der Waals surface area contributed by atoms with Crippen molar-refractivity contribution in [2.75, 3.05) is 0 Å². The molecule has 0 unspecified atom stereocenters. The Morgan fingerprint density at radius 3 is 1.60 bits per heavy atom. The fourth-order valence-corrected chi connectivity index (χ4v) is 1.81. The summed E-state index contributed by atoms with van der Waals surface area (Å²) in [5.41, 5.74) is 3.82. The van der Waals surface area contributed by atoms with E-state index in [0.29, 0.717) is 20.3 Å². The minimum absolute atomic E-state index is 0.639. The first-order valence-corrected chi connectivity index (χ1v) is 6.76. The van der Waals surface area contributed by atoms with Gasteiger partial charge in [0.15, 0.2) is 0 Å². The van der Waals surface area contributed by atoms with Gasteiger partial charge in [0.2, 0.25) is 0 Å². The van der Waals surface area contributed by atoms with Gasteiger partial charge in [0, 0.05) is 23.8 Å². The third kappa shape index (κ3) is 3.58. The van der Waals surface area contributed by atoms with E-state index < -0.39 is 0 Å². The maximum absolute atomic E-state index is 9.47. The summed E-state index contributed by atoms with van der Waals surface area (Å²) in [6.45, 7) is 0. The normalized spacial score (nSPS) is 9.55. The Morgan fingerprint density at radius 1 is 0.700 bits per heavy atom. The molecule has 0 fully saturated rings. The largest absolute Gasteiger partial charge is 0.295 e. The first-order chi connectivity index (χ1) is 9.93. The molecule has 0 bridgehead atoms. The first-order valence-electron chi connectivity index (χ1n) is 5.90. The van der Waals surface area contributed by atoms with E-state index in [4.69, 9.17) is 0 Å². The zero-order valence-electron chi connectivity index (χ0n) is 10.4. The average molecular weight is 445 g/mol. The molecule has 20 heavy (non-hydrogen) atoms. The Morgan fingerprint density at radius 2 is 1.20 bits per heavy atom. The maximum atomic E-state index is 9.47. The molecule has 3 rings (SSSR count). The van der Waals surface area contributed by atoms with Crippen molar-refractivity contribution in [3.05, 3.63) is 73.1 Å². The molecular weight excluding hydrogens is 434 g/mol. The van der Waals surface area contributed by atoms with E-state index in [1.54, 1.807) is 12.4 Å². The number of pyridine rings is 2. The van der Waals surface area contributed by atoms with Crippen molar-refractivity contribution >= 4 is 0 Å². The van der Waals surface area contributed by atoms with Gasteiger partial charge in [0.25, 0.3) is 0 Å². The zero-order valence-corrected chi connectivity index (χ0v) is 12.7. The Bertz CT molecular complexity index is 590. The summed E-state index contributed by atoms with van der Waals surface area (Å²) in [5, 5.41) is 0. The van der Waals surface area contributed by atoms with Crippen LogP contribution in [0, 0.1) is 6.07 Å².